The molecule has 2 saturated carbocycles. The molecule has 10 heteroatoms. The molecule has 0 aliphatic heterocycles. The summed E-state index contributed by atoms with van der Waals surface area (Å²) in [6.07, 6.45) is -0.476. The number of amides is 1. The maximum Gasteiger partial charge on any atom is 0.434 e. The molecule has 0 saturated heterocycles. The Morgan fingerprint density at radius 1 is 1.19 bits per heavy atom. The smallest absolute Gasteiger partial charge is 0.434 e. The van der Waals surface area contributed by atoms with Gasteiger partial charge in [0.2, 0.25) is 5.28 Å². The fourth-order valence-corrected chi connectivity index (χ4v) is 4.47. The SMILES string of the molecule is COC(=O)C1CC2CC(CC(NC(=O)c3cnc(Cl)nc3C(F)(F)F)C2)C1. The number of esters is 1. The molecule has 0 radical (unpaired) electrons. The second-order valence-electron chi connectivity index (χ2n) is 7.20. The number of ether oxygens (including phenoxy) is 1. The number of methoxy groups -OCH3 is 1. The fourth-order valence-electron chi connectivity index (χ4n) is 4.33. The highest BCUT2D eigenvalue weighted by molar-refractivity contribution is 6.28. The van der Waals surface area contributed by atoms with Crippen molar-refractivity contribution in [2.75, 3.05) is 7.11 Å². The van der Waals surface area contributed by atoms with Crippen molar-refractivity contribution < 1.29 is 27.5 Å². The Morgan fingerprint density at radius 2 is 1.81 bits per heavy atom. The Hall–Kier alpha value is -1.90. The first-order valence-electron chi connectivity index (χ1n) is 8.65. The number of halogens is 4. The van der Waals surface area contributed by atoms with Crippen LogP contribution in [0, 0.1) is 17.8 Å². The molecule has 0 spiro atoms. The van der Waals surface area contributed by atoms with Gasteiger partial charge < -0.3 is 10.1 Å². The van der Waals surface area contributed by atoms with Gasteiger partial charge in [0.25, 0.3) is 5.91 Å². The van der Waals surface area contributed by atoms with Crippen LogP contribution in [0.4, 0.5) is 13.2 Å². The van der Waals surface area contributed by atoms with Crippen molar-refractivity contribution in [3.05, 3.63) is 22.7 Å². The number of carbonyl (C=O) groups is 2. The van der Waals surface area contributed by atoms with E-state index < -0.39 is 28.6 Å². The van der Waals surface area contributed by atoms with Crippen LogP contribution < -0.4 is 5.32 Å². The first-order valence-corrected chi connectivity index (χ1v) is 9.03. The van der Waals surface area contributed by atoms with Crippen LogP contribution in [0.5, 0.6) is 0 Å². The number of aromatic nitrogens is 2. The van der Waals surface area contributed by atoms with Crippen molar-refractivity contribution in [2.24, 2.45) is 17.8 Å². The molecule has 1 aromatic heterocycles. The van der Waals surface area contributed by atoms with Crippen molar-refractivity contribution in [2.45, 2.75) is 44.3 Å². The molecule has 1 N–H and O–H groups in total. The molecule has 2 unspecified atom stereocenters. The van der Waals surface area contributed by atoms with Crippen LogP contribution in [0.25, 0.3) is 0 Å². The molecule has 2 fully saturated rings. The summed E-state index contributed by atoms with van der Waals surface area (Å²) < 4.78 is 44.2. The van der Waals surface area contributed by atoms with E-state index in [1.807, 2.05) is 0 Å². The predicted octanol–water partition coefficient (Wildman–Crippen LogP) is 3.25. The molecule has 1 aromatic rings. The normalized spacial score (nSPS) is 27.7. The average Bonchev–Trinajstić information content (AvgIpc) is 2.59. The first-order chi connectivity index (χ1) is 12.7. The predicted molar refractivity (Wildman–Crippen MR) is 88.9 cm³/mol. The average molecular weight is 406 g/mol. The zero-order chi connectivity index (χ0) is 19.8. The van der Waals surface area contributed by atoms with Crippen molar-refractivity contribution >= 4 is 23.5 Å². The highest BCUT2D eigenvalue weighted by atomic mass is 35.5. The topological polar surface area (TPSA) is 81.2 Å². The summed E-state index contributed by atoms with van der Waals surface area (Å²) in [6, 6.07) is -0.253. The van der Waals surface area contributed by atoms with Crippen LogP contribution in [0.2, 0.25) is 5.28 Å². The third-order valence-corrected chi connectivity index (χ3v) is 5.46. The lowest BCUT2D eigenvalue weighted by molar-refractivity contribution is -0.148. The standard InChI is InChI=1S/C17H19ClF3N3O3/c1-27-15(26)10-3-8-2-9(4-10)6-11(5-8)23-14(25)12-7-22-16(18)24-13(12)17(19,20)21/h7-11H,2-6H2,1H3,(H,23,25). The highest BCUT2D eigenvalue weighted by Crippen LogP contribution is 2.43. The maximum atomic E-state index is 13.1. The molecule has 1 heterocycles. The first kappa shape index (κ1) is 19.9. The maximum absolute atomic E-state index is 13.1. The van der Waals surface area contributed by atoms with Gasteiger partial charge in [0.05, 0.1) is 18.6 Å². The Balaban J connectivity index is 1.69. The summed E-state index contributed by atoms with van der Waals surface area (Å²) in [5.74, 6) is -0.767. The van der Waals surface area contributed by atoms with Gasteiger partial charge in [0.15, 0.2) is 5.69 Å². The molecule has 148 valence electrons. The lowest BCUT2D eigenvalue weighted by Gasteiger charge is -2.41. The third-order valence-electron chi connectivity index (χ3n) is 5.28. The molecule has 27 heavy (non-hydrogen) atoms. The zero-order valence-corrected chi connectivity index (χ0v) is 15.3. The Kier molecular flexibility index (Phi) is 5.60. The van der Waals surface area contributed by atoms with Gasteiger partial charge >= 0.3 is 12.1 Å². The summed E-state index contributed by atoms with van der Waals surface area (Å²) in [5, 5.41) is 2.11. The summed E-state index contributed by atoms with van der Waals surface area (Å²) in [7, 11) is 1.36. The number of carbonyl (C=O) groups excluding carboxylic acids is 2. The number of rotatable bonds is 3. The number of nitrogens with one attached hydrogen (secondary N) is 1. The summed E-state index contributed by atoms with van der Waals surface area (Å²) in [6.45, 7) is 0. The molecule has 2 atom stereocenters. The lowest BCUT2D eigenvalue weighted by atomic mass is 9.66. The van der Waals surface area contributed by atoms with Gasteiger partial charge in [-0.25, -0.2) is 9.97 Å². The van der Waals surface area contributed by atoms with Crippen LogP contribution in [0.15, 0.2) is 6.20 Å². The minimum atomic E-state index is -4.81. The molecule has 6 nitrogen and oxygen atoms in total. The van der Waals surface area contributed by atoms with Crippen LogP contribution in [0.1, 0.15) is 48.2 Å². The molecule has 2 aliphatic rings. The Morgan fingerprint density at radius 3 is 2.37 bits per heavy atom. The van der Waals surface area contributed by atoms with Crippen LogP contribution in [-0.2, 0) is 15.7 Å². The zero-order valence-electron chi connectivity index (χ0n) is 14.6. The van der Waals surface area contributed by atoms with Gasteiger partial charge in [-0.3, -0.25) is 9.59 Å². The van der Waals surface area contributed by atoms with Crippen LogP contribution in [-0.4, -0.2) is 35.0 Å². The molecular formula is C17H19ClF3N3O3. The minimum Gasteiger partial charge on any atom is -0.469 e. The number of fused-ring (bicyclic) bond motifs is 2. The minimum absolute atomic E-state index is 0.142. The van der Waals surface area contributed by atoms with Crippen molar-refractivity contribution in [3.63, 3.8) is 0 Å². The second-order valence-corrected chi connectivity index (χ2v) is 7.54. The summed E-state index contributed by atoms with van der Waals surface area (Å²) in [5.41, 5.74) is -1.99. The molecule has 3 rings (SSSR count). The van der Waals surface area contributed by atoms with E-state index in [2.05, 4.69) is 15.3 Å². The number of nitrogens with zero attached hydrogens (tertiary/aromatic N) is 2. The number of hydrogen-bond acceptors (Lipinski definition) is 5. The molecule has 0 aromatic carbocycles. The van der Waals surface area contributed by atoms with Crippen molar-refractivity contribution in [3.8, 4) is 0 Å². The van der Waals surface area contributed by atoms with Gasteiger partial charge in [-0.1, -0.05) is 0 Å². The molecular weight excluding hydrogens is 387 g/mol. The van der Waals surface area contributed by atoms with Gasteiger partial charge in [0.1, 0.15) is 0 Å². The quantitative estimate of drug-likeness (QED) is 0.616. The van der Waals surface area contributed by atoms with Gasteiger partial charge in [0, 0.05) is 12.2 Å². The largest absolute Gasteiger partial charge is 0.469 e. The fraction of sp³-hybridized carbons (Fsp3) is 0.647. The van der Waals surface area contributed by atoms with Gasteiger partial charge in [-0.2, -0.15) is 13.2 Å². The van der Waals surface area contributed by atoms with E-state index >= 15 is 0 Å². The Labute approximate surface area is 158 Å². The van der Waals surface area contributed by atoms with Crippen molar-refractivity contribution in [1.29, 1.82) is 0 Å². The van der Waals surface area contributed by atoms with E-state index in [-0.39, 0.29) is 29.8 Å². The van der Waals surface area contributed by atoms with Crippen LogP contribution >= 0.6 is 11.6 Å². The van der Waals surface area contributed by atoms with E-state index in [4.69, 9.17) is 16.3 Å². The summed E-state index contributed by atoms with van der Waals surface area (Å²) in [4.78, 5) is 30.9. The van der Waals surface area contributed by atoms with E-state index in [0.29, 0.717) is 25.7 Å². The molecule has 1 amide bonds. The van der Waals surface area contributed by atoms with Gasteiger partial charge in [-0.15, -0.1) is 0 Å². The van der Waals surface area contributed by atoms with E-state index in [0.717, 1.165) is 12.6 Å². The monoisotopic (exact) mass is 405 g/mol. The number of hydrogen-bond donors (Lipinski definition) is 1. The molecule has 2 aliphatic carbocycles. The number of alkyl halides is 3. The second kappa shape index (κ2) is 7.61. The van der Waals surface area contributed by atoms with Crippen LogP contribution in [0.3, 0.4) is 0 Å². The third kappa shape index (κ3) is 4.51. The van der Waals surface area contributed by atoms with Gasteiger partial charge in [-0.05, 0) is 55.5 Å². The van der Waals surface area contributed by atoms with E-state index in [1.54, 1.807) is 0 Å². The van der Waals surface area contributed by atoms with E-state index in [9.17, 15) is 22.8 Å². The van der Waals surface area contributed by atoms with Crippen molar-refractivity contribution in [1.82, 2.24) is 15.3 Å². The molecule has 2 bridgehead atoms. The highest BCUT2D eigenvalue weighted by Gasteiger charge is 2.41. The lowest BCUT2D eigenvalue weighted by Crippen LogP contribution is -2.44. The Bertz CT molecular complexity index is 730. The van der Waals surface area contributed by atoms with E-state index in [1.165, 1.54) is 7.11 Å². The summed E-state index contributed by atoms with van der Waals surface area (Å²) >= 11 is 5.44.